The Hall–Kier alpha value is -0.930. The summed E-state index contributed by atoms with van der Waals surface area (Å²) >= 11 is 0. The van der Waals surface area contributed by atoms with Gasteiger partial charge in [0.15, 0.2) is 0 Å². The molecule has 0 amide bonds. The van der Waals surface area contributed by atoms with Crippen LogP contribution < -0.4 is 5.32 Å². The average molecular weight is 223 g/mol. The van der Waals surface area contributed by atoms with Crippen molar-refractivity contribution < 1.29 is 9.50 Å². The lowest BCUT2D eigenvalue weighted by molar-refractivity contribution is 0.204. The SMILES string of the molecule is OCCC1(c2cccc(F)c2)CCNCC1. The van der Waals surface area contributed by atoms with Crippen LogP contribution in [0.15, 0.2) is 24.3 Å². The number of nitrogens with one attached hydrogen (secondary N) is 1. The molecule has 2 nitrogen and oxygen atoms in total. The summed E-state index contributed by atoms with van der Waals surface area (Å²) in [5.74, 6) is -0.187. The maximum absolute atomic E-state index is 13.3. The zero-order valence-electron chi connectivity index (χ0n) is 9.38. The maximum Gasteiger partial charge on any atom is 0.123 e. The molecular weight excluding hydrogens is 205 g/mol. The zero-order chi connectivity index (χ0) is 11.4. The number of aliphatic hydroxyl groups excluding tert-OH is 1. The second-order valence-electron chi connectivity index (χ2n) is 4.51. The summed E-state index contributed by atoms with van der Waals surface area (Å²) in [7, 11) is 0. The standard InChI is InChI=1S/C13H18FNO/c14-12-3-1-2-11(10-12)13(6-9-16)4-7-15-8-5-13/h1-3,10,15-16H,4-9H2. The van der Waals surface area contributed by atoms with Crippen molar-refractivity contribution >= 4 is 0 Å². The molecule has 0 spiro atoms. The van der Waals surface area contributed by atoms with E-state index in [1.165, 1.54) is 6.07 Å². The van der Waals surface area contributed by atoms with Crippen LogP contribution in [0.2, 0.25) is 0 Å². The summed E-state index contributed by atoms with van der Waals surface area (Å²) in [4.78, 5) is 0. The number of benzene rings is 1. The summed E-state index contributed by atoms with van der Waals surface area (Å²) in [6, 6.07) is 6.81. The van der Waals surface area contributed by atoms with Gasteiger partial charge in [0.25, 0.3) is 0 Å². The minimum Gasteiger partial charge on any atom is -0.396 e. The van der Waals surface area contributed by atoms with Crippen LogP contribution in [0.4, 0.5) is 4.39 Å². The first-order chi connectivity index (χ1) is 7.77. The molecule has 1 aromatic carbocycles. The third-order valence-electron chi connectivity index (χ3n) is 3.59. The van der Waals surface area contributed by atoms with E-state index in [1.807, 2.05) is 6.07 Å². The smallest absolute Gasteiger partial charge is 0.123 e. The monoisotopic (exact) mass is 223 g/mol. The van der Waals surface area contributed by atoms with Crippen molar-refractivity contribution in [3.05, 3.63) is 35.6 Å². The van der Waals surface area contributed by atoms with E-state index in [-0.39, 0.29) is 17.8 Å². The molecule has 2 N–H and O–H groups in total. The fourth-order valence-corrected chi connectivity index (χ4v) is 2.62. The van der Waals surface area contributed by atoms with Gasteiger partial charge in [-0.1, -0.05) is 12.1 Å². The largest absolute Gasteiger partial charge is 0.396 e. The van der Waals surface area contributed by atoms with Crippen molar-refractivity contribution in [3.63, 3.8) is 0 Å². The topological polar surface area (TPSA) is 32.3 Å². The number of hydrogen-bond acceptors (Lipinski definition) is 2. The molecule has 0 bridgehead atoms. The van der Waals surface area contributed by atoms with Gasteiger partial charge in [-0.05, 0) is 55.5 Å². The Morgan fingerprint density at radius 2 is 2.06 bits per heavy atom. The summed E-state index contributed by atoms with van der Waals surface area (Å²) in [5.41, 5.74) is 0.991. The summed E-state index contributed by atoms with van der Waals surface area (Å²) in [6.45, 7) is 2.05. The van der Waals surface area contributed by atoms with Gasteiger partial charge in [-0.25, -0.2) is 4.39 Å². The summed E-state index contributed by atoms with van der Waals surface area (Å²) < 4.78 is 13.3. The Morgan fingerprint density at radius 3 is 2.69 bits per heavy atom. The van der Waals surface area contributed by atoms with Crippen LogP contribution in [0.5, 0.6) is 0 Å². The predicted molar refractivity (Wildman–Crippen MR) is 61.9 cm³/mol. The Balaban J connectivity index is 2.30. The van der Waals surface area contributed by atoms with E-state index in [0.717, 1.165) is 37.9 Å². The van der Waals surface area contributed by atoms with Crippen molar-refractivity contribution in [1.82, 2.24) is 5.32 Å². The van der Waals surface area contributed by atoms with Crippen molar-refractivity contribution in [2.24, 2.45) is 0 Å². The van der Waals surface area contributed by atoms with Crippen LogP contribution in [0.1, 0.15) is 24.8 Å². The third kappa shape index (κ3) is 2.25. The fraction of sp³-hybridized carbons (Fsp3) is 0.538. The first-order valence-electron chi connectivity index (χ1n) is 5.84. The maximum atomic E-state index is 13.3. The first-order valence-corrected chi connectivity index (χ1v) is 5.84. The average Bonchev–Trinajstić information content (AvgIpc) is 2.31. The zero-order valence-corrected chi connectivity index (χ0v) is 9.38. The highest BCUT2D eigenvalue weighted by Crippen LogP contribution is 2.36. The Bertz CT molecular complexity index is 342. The van der Waals surface area contributed by atoms with Gasteiger partial charge in [-0.15, -0.1) is 0 Å². The molecule has 2 rings (SSSR count). The van der Waals surface area contributed by atoms with Gasteiger partial charge in [0.05, 0.1) is 0 Å². The normalized spacial score (nSPS) is 19.6. The van der Waals surface area contributed by atoms with Gasteiger partial charge >= 0.3 is 0 Å². The molecule has 0 saturated carbocycles. The quantitative estimate of drug-likeness (QED) is 0.819. The molecule has 16 heavy (non-hydrogen) atoms. The molecule has 0 unspecified atom stereocenters. The number of piperidine rings is 1. The van der Waals surface area contributed by atoms with Crippen LogP contribution >= 0.6 is 0 Å². The van der Waals surface area contributed by atoms with E-state index < -0.39 is 0 Å². The van der Waals surface area contributed by atoms with E-state index in [9.17, 15) is 9.50 Å². The molecule has 0 aliphatic carbocycles. The van der Waals surface area contributed by atoms with Gasteiger partial charge in [-0.2, -0.15) is 0 Å². The molecule has 1 saturated heterocycles. The highest BCUT2D eigenvalue weighted by atomic mass is 19.1. The van der Waals surface area contributed by atoms with Crippen LogP contribution in [-0.4, -0.2) is 24.8 Å². The molecule has 0 aromatic heterocycles. The summed E-state index contributed by atoms with van der Waals surface area (Å²) in [5, 5.41) is 12.5. The first kappa shape index (κ1) is 11.6. The Kier molecular flexibility index (Phi) is 3.56. The van der Waals surface area contributed by atoms with E-state index in [1.54, 1.807) is 12.1 Å². The van der Waals surface area contributed by atoms with E-state index >= 15 is 0 Å². The van der Waals surface area contributed by atoms with Gasteiger partial charge in [0.1, 0.15) is 5.82 Å². The van der Waals surface area contributed by atoms with Gasteiger partial charge in [0, 0.05) is 6.61 Å². The molecule has 1 aromatic rings. The molecule has 3 heteroatoms. The summed E-state index contributed by atoms with van der Waals surface area (Å²) in [6.07, 6.45) is 2.66. The number of hydrogen-bond donors (Lipinski definition) is 2. The lowest BCUT2D eigenvalue weighted by atomic mass is 9.71. The van der Waals surface area contributed by atoms with Gasteiger partial charge < -0.3 is 10.4 Å². The van der Waals surface area contributed by atoms with Crippen LogP contribution in [-0.2, 0) is 5.41 Å². The van der Waals surface area contributed by atoms with Gasteiger partial charge in [-0.3, -0.25) is 0 Å². The second kappa shape index (κ2) is 4.93. The van der Waals surface area contributed by atoms with Gasteiger partial charge in [0.2, 0.25) is 0 Å². The van der Waals surface area contributed by atoms with E-state index in [0.29, 0.717) is 0 Å². The number of rotatable bonds is 3. The Labute approximate surface area is 95.5 Å². The van der Waals surface area contributed by atoms with Crippen molar-refractivity contribution in [1.29, 1.82) is 0 Å². The molecule has 1 heterocycles. The molecule has 1 fully saturated rings. The molecular formula is C13H18FNO. The van der Waals surface area contributed by atoms with Crippen LogP contribution in [0, 0.1) is 5.82 Å². The molecule has 1 aliphatic rings. The number of halogens is 1. The number of aliphatic hydroxyl groups is 1. The van der Waals surface area contributed by atoms with Crippen molar-refractivity contribution in [3.8, 4) is 0 Å². The third-order valence-corrected chi connectivity index (χ3v) is 3.59. The van der Waals surface area contributed by atoms with E-state index in [4.69, 9.17) is 0 Å². The van der Waals surface area contributed by atoms with Crippen molar-refractivity contribution in [2.75, 3.05) is 19.7 Å². The second-order valence-corrected chi connectivity index (χ2v) is 4.51. The fourth-order valence-electron chi connectivity index (χ4n) is 2.62. The molecule has 1 aliphatic heterocycles. The van der Waals surface area contributed by atoms with Crippen LogP contribution in [0.3, 0.4) is 0 Å². The highest BCUT2D eigenvalue weighted by molar-refractivity contribution is 5.27. The minimum absolute atomic E-state index is 0.0396. The minimum atomic E-state index is -0.187. The highest BCUT2D eigenvalue weighted by Gasteiger charge is 2.33. The molecule has 88 valence electrons. The molecule has 0 radical (unpaired) electrons. The lowest BCUT2D eigenvalue weighted by Crippen LogP contribution is -2.40. The lowest BCUT2D eigenvalue weighted by Gasteiger charge is -2.38. The van der Waals surface area contributed by atoms with E-state index in [2.05, 4.69) is 5.32 Å². The Morgan fingerprint density at radius 1 is 1.31 bits per heavy atom. The predicted octanol–water partition coefficient (Wildman–Crippen LogP) is 1.83. The molecule has 0 atom stereocenters. The van der Waals surface area contributed by atoms with Crippen molar-refractivity contribution in [2.45, 2.75) is 24.7 Å². The van der Waals surface area contributed by atoms with Crippen LogP contribution in [0.25, 0.3) is 0 Å².